The molecule has 2 rings (SSSR count). The van der Waals surface area contributed by atoms with Gasteiger partial charge in [-0.2, -0.15) is 0 Å². The van der Waals surface area contributed by atoms with Crippen molar-refractivity contribution in [2.75, 3.05) is 6.61 Å². The zero-order valence-corrected chi connectivity index (χ0v) is 7.56. The van der Waals surface area contributed by atoms with E-state index in [1.165, 1.54) is 0 Å². The fourth-order valence-electron chi connectivity index (χ4n) is 1.69. The standard InChI is InChI=1S/C9H15N3O/c10-9(6-13,8-1-2-8)5-12-4-3-11-7-12/h3-4,7-8,13H,1-2,5-6,10H2. The van der Waals surface area contributed by atoms with Gasteiger partial charge in [-0.1, -0.05) is 0 Å². The van der Waals surface area contributed by atoms with Gasteiger partial charge >= 0.3 is 0 Å². The number of aromatic nitrogens is 2. The van der Waals surface area contributed by atoms with E-state index < -0.39 is 5.54 Å². The Labute approximate surface area is 77.4 Å². The van der Waals surface area contributed by atoms with Gasteiger partial charge in [0.25, 0.3) is 0 Å². The molecule has 1 aromatic rings. The maximum Gasteiger partial charge on any atom is 0.0946 e. The van der Waals surface area contributed by atoms with E-state index in [0.29, 0.717) is 12.5 Å². The summed E-state index contributed by atoms with van der Waals surface area (Å²) < 4.78 is 1.93. The average Bonchev–Trinajstić information content (AvgIpc) is 2.88. The van der Waals surface area contributed by atoms with E-state index in [-0.39, 0.29) is 6.61 Å². The lowest BCUT2D eigenvalue weighted by atomic mass is 9.96. The van der Waals surface area contributed by atoms with Gasteiger partial charge in [-0.15, -0.1) is 0 Å². The Morgan fingerprint density at radius 2 is 2.38 bits per heavy atom. The molecule has 1 aliphatic rings. The molecule has 0 amide bonds. The molecule has 0 radical (unpaired) electrons. The van der Waals surface area contributed by atoms with Crippen molar-refractivity contribution in [1.29, 1.82) is 0 Å². The molecule has 0 spiro atoms. The van der Waals surface area contributed by atoms with Gasteiger partial charge in [-0.3, -0.25) is 0 Å². The maximum atomic E-state index is 9.24. The Balaban J connectivity index is 2.05. The van der Waals surface area contributed by atoms with Crippen molar-refractivity contribution in [2.45, 2.75) is 24.9 Å². The average molecular weight is 181 g/mol. The van der Waals surface area contributed by atoms with Crippen LogP contribution in [0.1, 0.15) is 12.8 Å². The molecule has 1 aromatic heterocycles. The summed E-state index contributed by atoms with van der Waals surface area (Å²) in [6.07, 6.45) is 7.63. The smallest absolute Gasteiger partial charge is 0.0946 e. The zero-order chi connectivity index (χ0) is 9.31. The van der Waals surface area contributed by atoms with Gasteiger partial charge in [-0.25, -0.2) is 4.98 Å². The van der Waals surface area contributed by atoms with Crippen molar-refractivity contribution < 1.29 is 5.11 Å². The lowest BCUT2D eigenvalue weighted by Crippen LogP contribution is -2.49. The molecule has 1 aliphatic carbocycles. The van der Waals surface area contributed by atoms with Crippen LogP contribution < -0.4 is 5.73 Å². The van der Waals surface area contributed by atoms with Crippen LogP contribution in [0.3, 0.4) is 0 Å². The van der Waals surface area contributed by atoms with Crippen LogP contribution in [-0.2, 0) is 6.54 Å². The van der Waals surface area contributed by atoms with E-state index in [1.807, 2.05) is 10.8 Å². The van der Waals surface area contributed by atoms with Gasteiger partial charge in [0.2, 0.25) is 0 Å². The molecule has 4 nitrogen and oxygen atoms in total. The number of hydrogen-bond donors (Lipinski definition) is 2. The molecular weight excluding hydrogens is 166 g/mol. The van der Waals surface area contributed by atoms with E-state index in [4.69, 9.17) is 5.73 Å². The summed E-state index contributed by atoms with van der Waals surface area (Å²) in [6, 6.07) is 0. The second-order valence-corrected chi connectivity index (χ2v) is 3.90. The van der Waals surface area contributed by atoms with E-state index >= 15 is 0 Å². The normalized spacial score (nSPS) is 21.4. The van der Waals surface area contributed by atoms with Gasteiger partial charge < -0.3 is 15.4 Å². The van der Waals surface area contributed by atoms with Crippen molar-refractivity contribution in [3.8, 4) is 0 Å². The molecule has 3 N–H and O–H groups in total. The predicted octanol–water partition coefficient (Wildman–Crippen LogP) is -0.0171. The van der Waals surface area contributed by atoms with Crippen molar-refractivity contribution in [3.63, 3.8) is 0 Å². The highest BCUT2D eigenvalue weighted by Crippen LogP contribution is 2.38. The van der Waals surface area contributed by atoms with Crippen LogP contribution in [0.5, 0.6) is 0 Å². The van der Waals surface area contributed by atoms with Gasteiger partial charge in [0.1, 0.15) is 0 Å². The first-order valence-corrected chi connectivity index (χ1v) is 4.60. The monoisotopic (exact) mass is 181 g/mol. The fraction of sp³-hybridized carbons (Fsp3) is 0.667. The fourth-order valence-corrected chi connectivity index (χ4v) is 1.69. The predicted molar refractivity (Wildman–Crippen MR) is 49.0 cm³/mol. The molecule has 1 saturated carbocycles. The van der Waals surface area contributed by atoms with E-state index in [9.17, 15) is 5.11 Å². The number of imidazole rings is 1. The summed E-state index contributed by atoms with van der Waals surface area (Å²) in [5.41, 5.74) is 5.65. The minimum atomic E-state index is -0.444. The second-order valence-electron chi connectivity index (χ2n) is 3.90. The topological polar surface area (TPSA) is 64.1 Å². The molecule has 0 bridgehead atoms. The summed E-state index contributed by atoms with van der Waals surface area (Å²) in [5, 5.41) is 9.24. The minimum absolute atomic E-state index is 0.0514. The summed E-state index contributed by atoms with van der Waals surface area (Å²) in [5.74, 6) is 0.486. The number of nitrogens with two attached hydrogens (primary N) is 1. The zero-order valence-electron chi connectivity index (χ0n) is 7.56. The highest BCUT2D eigenvalue weighted by Gasteiger charge is 2.41. The molecule has 1 atom stereocenters. The third kappa shape index (κ3) is 1.73. The number of hydrogen-bond acceptors (Lipinski definition) is 3. The number of rotatable bonds is 4. The third-order valence-electron chi connectivity index (χ3n) is 2.72. The van der Waals surface area contributed by atoms with Crippen LogP contribution in [0, 0.1) is 5.92 Å². The largest absolute Gasteiger partial charge is 0.394 e. The van der Waals surface area contributed by atoms with E-state index in [2.05, 4.69) is 4.98 Å². The first-order valence-electron chi connectivity index (χ1n) is 4.60. The van der Waals surface area contributed by atoms with E-state index in [1.54, 1.807) is 12.5 Å². The first kappa shape index (κ1) is 8.72. The molecular formula is C9H15N3O. The van der Waals surface area contributed by atoms with Crippen molar-refractivity contribution >= 4 is 0 Å². The Morgan fingerprint density at radius 3 is 2.85 bits per heavy atom. The SMILES string of the molecule is NC(CO)(Cn1ccnc1)C1CC1. The van der Waals surface area contributed by atoms with Crippen LogP contribution in [-0.4, -0.2) is 26.8 Å². The first-order chi connectivity index (χ1) is 6.24. The second kappa shape index (κ2) is 3.12. The summed E-state index contributed by atoms with van der Waals surface area (Å²) in [6.45, 7) is 0.712. The molecule has 0 aromatic carbocycles. The molecule has 1 unspecified atom stereocenters. The Kier molecular flexibility index (Phi) is 2.09. The van der Waals surface area contributed by atoms with Crippen LogP contribution in [0.4, 0.5) is 0 Å². The lowest BCUT2D eigenvalue weighted by molar-refractivity contribution is 0.159. The van der Waals surface area contributed by atoms with Crippen LogP contribution in [0.2, 0.25) is 0 Å². The molecule has 13 heavy (non-hydrogen) atoms. The quantitative estimate of drug-likeness (QED) is 0.686. The van der Waals surface area contributed by atoms with Crippen molar-refractivity contribution in [3.05, 3.63) is 18.7 Å². The molecule has 72 valence electrons. The lowest BCUT2D eigenvalue weighted by Gasteiger charge is -2.27. The molecule has 4 heteroatoms. The van der Waals surface area contributed by atoms with Gasteiger partial charge in [0, 0.05) is 18.9 Å². The van der Waals surface area contributed by atoms with Crippen LogP contribution in [0.25, 0.3) is 0 Å². The van der Waals surface area contributed by atoms with E-state index in [0.717, 1.165) is 12.8 Å². The highest BCUT2D eigenvalue weighted by atomic mass is 16.3. The molecule has 1 fully saturated rings. The summed E-state index contributed by atoms with van der Waals surface area (Å²) in [4.78, 5) is 3.95. The van der Waals surface area contributed by atoms with Crippen molar-refractivity contribution in [1.82, 2.24) is 9.55 Å². The van der Waals surface area contributed by atoms with Crippen molar-refractivity contribution in [2.24, 2.45) is 11.7 Å². The van der Waals surface area contributed by atoms with Crippen LogP contribution >= 0.6 is 0 Å². The van der Waals surface area contributed by atoms with Gasteiger partial charge in [-0.05, 0) is 18.8 Å². The number of nitrogens with zero attached hydrogens (tertiary/aromatic N) is 2. The minimum Gasteiger partial charge on any atom is -0.394 e. The van der Waals surface area contributed by atoms with Crippen LogP contribution in [0.15, 0.2) is 18.7 Å². The molecule has 0 saturated heterocycles. The summed E-state index contributed by atoms with van der Waals surface area (Å²) in [7, 11) is 0. The van der Waals surface area contributed by atoms with Gasteiger partial charge in [0.05, 0.1) is 18.5 Å². The molecule has 1 heterocycles. The van der Waals surface area contributed by atoms with Gasteiger partial charge in [0.15, 0.2) is 0 Å². The summed E-state index contributed by atoms with van der Waals surface area (Å²) >= 11 is 0. The highest BCUT2D eigenvalue weighted by molar-refractivity contribution is 4.99. The Hall–Kier alpha value is -0.870. The Bertz CT molecular complexity index is 268. The number of aliphatic hydroxyl groups excluding tert-OH is 1. The maximum absolute atomic E-state index is 9.24. The molecule has 0 aliphatic heterocycles. The third-order valence-corrected chi connectivity index (χ3v) is 2.72. The number of aliphatic hydroxyl groups is 1. The Morgan fingerprint density at radius 1 is 1.62 bits per heavy atom.